The average Bonchev–Trinajstić information content (AvgIpc) is 2.74. The van der Waals surface area contributed by atoms with Crippen molar-refractivity contribution >= 4 is 24.3 Å². The predicted molar refractivity (Wildman–Crippen MR) is 98.1 cm³/mol. The average molecular weight is 344 g/mol. The van der Waals surface area contributed by atoms with Crippen LogP contribution in [0.5, 0.6) is 0 Å². The van der Waals surface area contributed by atoms with E-state index >= 15 is 0 Å². The molecule has 0 atom stereocenters. The van der Waals surface area contributed by atoms with Crippen molar-refractivity contribution in [2.75, 3.05) is 0 Å². The Labute approximate surface area is 147 Å². The molecule has 0 bridgehead atoms. The van der Waals surface area contributed by atoms with E-state index in [1.165, 1.54) is 11.6 Å². The Morgan fingerprint density at radius 3 is 2.17 bits per heavy atom. The summed E-state index contributed by atoms with van der Waals surface area (Å²) in [5, 5.41) is 0. The molecular weight excluding hydrogens is 322 g/mol. The van der Waals surface area contributed by atoms with Crippen molar-refractivity contribution in [2.24, 2.45) is 0 Å². The molecule has 0 radical (unpaired) electrons. The maximum absolute atomic E-state index is 13.2. The third-order valence-corrected chi connectivity index (χ3v) is 5.77. The third kappa shape index (κ3) is 3.69. The Balaban J connectivity index is 1.64. The smallest absolute Gasteiger partial charge is 0.399 e. The maximum Gasteiger partial charge on any atom is 0.494 e. The van der Waals surface area contributed by atoms with Gasteiger partial charge in [-0.2, -0.15) is 0 Å². The minimum Gasteiger partial charge on any atom is -0.399 e. The number of benzene rings is 2. The van der Waals surface area contributed by atoms with Crippen molar-refractivity contribution in [1.29, 1.82) is 0 Å². The standard InChI is InChI=1S/C19H22BFO2S/c1-18(2)19(3,4)23-20(22-18)15-10-8-14(9-11-15)13-24-17-7-5-6-16(21)12-17/h5-12H,13H2,1-4H3. The molecule has 0 saturated carbocycles. The van der Waals surface area contributed by atoms with Gasteiger partial charge in [0, 0.05) is 10.6 Å². The molecule has 1 fully saturated rings. The van der Waals surface area contributed by atoms with Crippen LogP contribution in [0.2, 0.25) is 0 Å². The van der Waals surface area contributed by atoms with Crippen molar-refractivity contribution in [1.82, 2.24) is 0 Å². The fraction of sp³-hybridized carbons (Fsp3) is 0.368. The monoisotopic (exact) mass is 344 g/mol. The summed E-state index contributed by atoms with van der Waals surface area (Å²) in [6, 6.07) is 14.9. The minimum atomic E-state index is -0.333. The fourth-order valence-electron chi connectivity index (χ4n) is 2.47. The second-order valence-electron chi connectivity index (χ2n) is 7.08. The lowest BCUT2D eigenvalue weighted by molar-refractivity contribution is 0.00578. The van der Waals surface area contributed by atoms with E-state index in [4.69, 9.17) is 9.31 Å². The first-order valence-corrected chi connectivity index (χ1v) is 9.08. The molecule has 2 aromatic rings. The zero-order valence-corrected chi connectivity index (χ0v) is 15.3. The molecule has 126 valence electrons. The van der Waals surface area contributed by atoms with Gasteiger partial charge >= 0.3 is 7.12 Å². The molecule has 1 aliphatic heterocycles. The van der Waals surface area contributed by atoms with Gasteiger partial charge in [0.15, 0.2) is 0 Å². The van der Waals surface area contributed by atoms with Crippen molar-refractivity contribution in [3.05, 3.63) is 59.9 Å². The van der Waals surface area contributed by atoms with Crippen molar-refractivity contribution in [3.8, 4) is 0 Å². The lowest BCUT2D eigenvalue weighted by Gasteiger charge is -2.32. The Bertz CT molecular complexity index is 700. The highest BCUT2D eigenvalue weighted by Gasteiger charge is 2.51. The van der Waals surface area contributed by atoms with Gasteiger partial charge in [0.05, 0.1) is 11.2 Å². The lowest BCUT2D eigenvalue weighted by atomic mass is 9.79. The van der Waals surface area contributed by atoms with Crippen LogP contribution >= 0.6 is 11.8 Å². The van der Waals surface area contributed by atoms with E-state index in [9.17, 15) is 4.39 Å². The molecule has 1 saturated heterocycles. The number of thioether (sulfide) groups is 1. The highest BCUT2D eigenvalue weighted by Crippen LogP contribution is 2.36. The van der Waals surface area contributed by atoms with E-state index in [2.05, 4.69) is 39.8 Å². The highest BCUT2D eigenvalue weighted by atomic mass is 32.2. The van der Waals surface area contributed by atoms with Gasteiger partial charge in [0.1, 0.15) is 5.82 Å². The molecule has 24 heavy (non-hydrogen) atoms. The van der Waals surface area contributed by atoms with Gasteiger partial charge in [-0.3, -0.25) is 0 Å². The molecule has 3 rings (SSSR count). The number of hydrogen-bond donors (Lipinski definition) is 0. The summed E-state index contributed by atoms with van der Waals surface area (Å²) in [6.07, 6.45) is 0. The molecule has 0 aliphatic carbocycles. The van der Waals surface area contributed by atoms with Gasteiger partial charge in [-0.15, -0.1) is 11.8 Å². The third-order valence-electron chi connectivity index (χ3n) is 4.71. The summed E-state index contributed by atoms with van der Waals surface area (Å²) in [6.45, 7) is 8.21. The normalized spacial score (nSPS) is 18.8. The summed E-state index contributed by atoms with van der Waals surface area (Å²) in [5.74, 6) is 0.601. The second kappa shape index (κ2) is 6.55. The highest BCUT2D eigenvalue weighted by molar-refractivity contribution is 7.98. The molecule has 0 unspecified atom stereocenters. The number of rotatable bonds is 4. The topological polar surface area (TPSA) is 18.5 Å². The van der Waals surface area contributed by atoms with E-state index < -0.39 is 0 Å². The molecule has 2 aromatic carbocycles. The zero-order chi connectivity index (χ0) is 17.4. The molecule has 0 aromatic heterocycles. The van der Waals surface area contributed by atoms with Crippen LogP contribution in [-0.4, -0.2) is 18.3 Å². The SMILES string of the molecule is CC1(C)OB(c2ccc(CSc3cccc(F)c3)cc2)OC1(C)C. The zero-order valence-electron chi connectivity index (χ0n) is 14.5. The van der Waals surface area contributed by atoms with E-state index in [1.807, 2.05) is 18.2 Å². The molecule has 0 N–H and O–H groups in total. The fourth-order valence-corrected chi connectivity index (χ4v) is 3.37. The molecule has 2 nitrogen and oxygen atoms in total. The van der Waals surface area contributed by atoms with Crippen LogP contribution in [-0.2, 0) is 15.1 Å². The molecule has 1 heterocycles. The van der Waals surface area contributed by atoms with Gasteiger partial charge < -0.3 is 9.31 Å². The first-order valence-electron chi connectivity index (χ1n) is 8.10. The Kier molecular flexibility index (Phi) is 4.78. The molecule has 0 amide bonds. The van der Waals surface area contributed by atoms with E-state index in [-0.39, 0.29) is 24.1 Å². The van der Waals surface area contributed by atoms with Crippen molar-refractivity contribution in [2.45, 2.75) is 49.5 Å². The van der Waals surface area contributed by atoms with Crippen LogP contribution in [0.3, 0.4) is 0 Å². The van der Waals surface area contributed by atoms with Crippen LogP contribution in [0.25, 0.3) is 0 Å². The van der Waals surface area contributed by atoms with Gasteiger partial charge in [-0.1, -0.05) is 30.3 Å². The molecule has 5 heteroatoms. The Morgan fingerprint density at radius 2 is 1.58 bits per heavy atom. The number of halogens is 1. The van der Waals surface area contributed by atoms with E-state index in [0.29, 0.717) is 0 Å². The van der Waals surface area contributed by atoms with Crippen molar-refractivity contribution in [3.63, 3.8) is 0 Å². The van der Waals surface area contributed by atoms with Crippen LogP contribution in [0.1, 0.15) is 33.3 Å². The predicted octanol–water partition coefficient (Wildman–Crippen LogP) is 4.42. The van der Waals surface area contributed by atoms with Crippen LogP contribution < -0.4 is 5.46 Å². The van der Waals surface area contributed by atoms with Crippen LogP contribution in [0, 0.1) is 5.82 Å². The molecule has 0 spiro atoms. The van der Waals surface area contributed by atoms with Crippen LogP contribution in [0.15, 0.2) is 53.4 Å². The Hall–Kier alpha value is -1.30. The summed E-state index contributed by atoms with van der Waals surface area (Å²) in [5.41, 5.74) is 1.55. The lowest BCUT2D eigenvalue weighted by Crippen LogP contribution is -2.41. The Morgan fingerprint density at radius 1 is 0.958 bits per heavy atom. The van der Waals surface area contributed by atoms with Gasteiger partial charge in [-0.25, -0.2) is 4.39 Å². The quantitative estimate of drug-likeness (QED) is 0.604. The van der Waals surface area contributed by atoms with Gasteiger partial charge in [0.25, 0.3) is 0 Å². The summed E-state index contributed by atoms with van der Waals surface area (Å²) in [7, 11) is -0.333. The largest absolute Gasteiger partial charge is 0.494 e. The van der Waals surface area contributed by atoms with Crippen molar-refractivity contribution < 1.29 is 13.7 Å². The van der Waals surface area contributed by atoms with E-state index in [1.54, 1.807) is 23.9 Å². The first kappa shape index (κ1) is 17.5. The second-order valence-corrected chi connectivity index (χ2v) is 8.12. The molecule has 1 aliphatic rings. The van der Waals surface area contributed by atoms with Gasteiger partial charge in [0.2, 0.25) is 0 Å². The minimum absolute atomic E-state index is 0.198. The van der Waals surface area contributed by atoms with Crippen LogP contribution in [0.4, 0.5) is 4.39 Å². The molecular formula is C19H22BFO2S. The maximum atomic E-state index is 13.2. The van der Waals surface area contributed by atoms with Gasteiger partial charge in [-0.05, 0) is 56.9 Å². The summed E-state index contributed by atoms with van der Waals surface area (Å²) < 4.78 is 25.3. The first-order chi connectivity index (χ1) is 11.3. The van der Waals surface area contributed by atoms with E-state index in [0.717, 1.165) is 16.1 Å². The number of hydrogen-bond acceptors (Lipinski definition) is 3. The summed E-state index contributed by atoms with van der Waals surface area (Å²) >= 11 is 1.62. The summed E-state index contributed by atoms with van der Waals surface area (Å²) in [4.78, 5) is 0.935.